The lowest BCUT2D eigenvalue weighted by atomic mass is 10.2. The molecule has 2 rings (SSSR count). The Bertz CT molecular complexity index is 894. The normalized spacial score (nSPS) is 11.5. The molecule has 0 radical (unpaired) electrons. The van der Waals surface area contributed by atoms with Gasteiger partial charge in [-0.1, -0.05) is 0 Å². The van der Waals surface area contributed by atoms with Crippen molar-refractivity contribution in [2.24, 2.45) is 0 Å². The van der Waals surface area contributed by atoms with Gasteiger partial charge in [-0.3, -0.25) is 9.78 Å². The molecule has 0 saturated heterocycles. The van der Waals surface area contributed by atoms with Crippen LogP contribution < -0.4 is 14.8 Å². The third-order valence-corrected chi connectivity index (χ3v) is 5.16. The molecular weight excluding hydrogens is 384 g/mol. The van der Waals surface area contributed by atoms with Gasteiger partial charge in [0.2, 0.25) is 15.9 Å². The van der Waals surface area contributed by atoms with Gasteiger partial charge < -0.3 is 14.8 Å². The molecule has 0 spiro atoms. The number of alkyl halides is 2. The molecule has 1 aromatic heterocycles. The number of methoxy groups -OCH3 is 1. The summed E-state index contributed by atoms with van der Waals surface area (Å²) in [4.78, 5) is 15.8. The number of ether oxygens (including phenoxy) is 2. The highest BCUT2D eigenvalue weighted by atomic mass is 32.2. The Hall–Kier alpha value is -2.79. The van der Waals surface area contributed by atoms with Crippen molar-refractivity contribution in [2.45, 2.75) is 11.5 Å². The summed E-state index contributed by atoms with van der Waals surface area (Å²) in [7, 11) is -1.38. The van der Waals surface area contributed by atoms with Crippen molar-refractivity contribution in [3.63, 3.8) is 0 Å². The van der Waals surface area contributed by atoms with Crippen LogP contribution in [-0.2, 0) is 14.8 Å². The van der Waals surface area contributed by atoms with Crippen LogP contribution in [-0.4, -0.2) is 50.9 Å². The second-order valence-corrected chi connectivity index (χ2v) is 7.29. The minimum atomic E-state index is -3.89. The fourth-order valence-corrected chi connectivity index (χ4v) is 3.20. The Balaban J connectivity index is 2.09. The number of amides is 1. The Morgan fingerprint density at radius 3 is 2.63 bits per heavy atom. The molecule has 1 amide bonds. The molecule has 0 fully saturated rings. The first-order valence-electron chi connectivity index (χ1n) is 7.53. The number of benzene rings is 1. The monoisotopic (exact) mass is 401 g/mol. The van der Waals surface area contributed by atoms with E-state index in [9.17, 15) is 22.0 Å². The van der Waals surface area contributed by atoms with E-state index in [2.05, 4.69) is 15.0 Å². The Labute approximate surface area is 154 Å². The maximum Gasteiger partial charge on any atom is 0.387 e. The molecule has 1 N–H and O–H groups in total. The van der Waals surface area contributed by atoms with Gasteiger partial charge in [0, 0.05) is 31.2 Å². The lowest BCUT2D eigenvalue weighted by Gasteiger charge is -2.17. The van der Waals surface area contributed by atoms with E-state index in [0.717, 1.165) is 10.4 Å². The summed E-state index contributed by atoms with van der Waals surface area (Å²) in [6.07, 6.45) is 2.59. The maximum atomic E-state index is 12.5. The summed E-state index contributed by atoms with van der Waals surface area (Å²) >= 11 is 0. The van der Waals surface area contributed by atoms with Crippen molar-refractivity contribution < 1.29 is 31.5 Å². The zero-order valence-electron chi connectivity index (χ0n) is 14.4. The molecule has 0 atom stereocenters. The fraction of sp³-hybridized carbons (Fsp3) is 0.250. The molecule has 0 aliphatic rings. The molecule has 0 unspecified atom stereocenters. The fourth-order valence-electron chi connectivity index (χ4n) is 2.11. The van der Waals surface area contributed by atoms with Crippen LogP contribution in [0.3, 0.4) is 0 Å². The maximum absolute atomic E-state index is 12.5. The number of pyridine rings is 1. The van der Waals surface area contributed by atoms with Crippen molar-refractivity contribution >= 4 is 21.6 Å². The van der Waals surface area contributed by atoms with Gasteiger partial charge in [-0.05, 0) is 24.3 Å². The van der Waals surface area contributed by atoms with Crippen molar-refractivity contribution in [3.8, 4) is 11.5 Å². The summed E-state index contributed by atoms with van der Waals surface area (Å²) in [6.45, 7) is -3.56. The summed E-state index contributed by atoms with van der Waals surface area (Å²) in [5.74, 6) is -0.871. The predicted octanol–water partition coefficient (Wildman–Crippen LogP) is 1.95. The van der Waals surface area contributed by atoms with Crippen LogP contribution in [0.25, 0.3) is 0 Å². The van der Waals surface area contributed by atoms with E-state index in [4.69, 9.17) is 4.74 Å². The van der Waals surface area contributed by atoms with Crippen LogP contribution in [0.15, 0.2) is 47.6 Å². The third kappa shape index (κ3) is 5.34. The van der Waals surface area contributed by atoms with Crippen molar-refractivity contribution in [3.05, 3.63) is 42.7 Å². The van der Waals surface area contributed by atoms with Crippen molar-refractivity contribution in [1.82, 2.24) is 9.29 Å². The molecule has 0 bridgehead atoms. The van der Waals surface area contributed by atoms with Crippen molar-refractivity contribution in [2.75, 3.05) is 26.0 Å². The standard InChI is InChI=1S/C16H17F2N3O5S/c1-21(27(23,24)12-4-3-7-19-9-12)10-15(22)20-11-5-6-13(25-2)14(8-11)26-16(17)18/h3-9,16H,10H2,1-2H3,(H,20,22). The van der Waals surface area contributed by atoms with Crippen LogP contribution in [0, 0.1) is 0 Å². The molecular formula is C16H17F2N3O5S. The number of aromatic nitrogens is 1. The molecule has 8 nitrogen and oxygen atoms in total. The molecule has 0 saturated carbocycles. The van der Waals surface area contributed by atoms with Gasteiger partial charge in [0.05, 0.1) is 13.7 Å². The highest BCUT2D eigenvalue weighted by Gasteiger charge is 2.23. The lowest BCUT2D eigenvalue weighted by Crippen LogP contribution is -2.35. The van der Waals surface area contributed by atoms with Crippen molar-refractivity contribution in [1.29, 1.82) is 0 Å². The number of hydrogen-bond donors (Lipinski definition) is 1. The average Bonchev–Trinajstić information content (AvgIpc) is 2.62. The molecule has 1 aromatic carbocycles. The second kappa shape index (κ2) is 8.73. The molecule has 11 heteroatoms. The second-order valence-electron chi connectivity index (χ2n) is 5.24. The Morgan fingerprint density at radius 1 is 1.30 bits per heavy atom. The van der Waals surface area contributed by atoms with Gasteiger partial charge in [0.25, 0.3) is 0 Å². The molecule has 2 aromatic rings. The average molecular weight is 401 g/mol. The predicted molar refractivity (Wildman–Crippen MR) is 92.3 cm³/mol. The van der Waals surface area contributed by atoms with Crippen LogP contribution in [0.5, 0.6) is 11.5 Å². The number of carbonyl (C=O) groups is 1. The van der Waals surface area contributed by atoms with Gasteiger partial charge in [0.1, 0.15) is 4.90 Å². The van der Waals surface area contributed by atoms with Gasteiger partial charge in [-0.2, -0.15) is 13.1 Å². The zero-order chi connectivity index (χ0) is 20.0. The summed E-state index contributed by atoms with van der Waals surface area (Å²) in [6, 6.07) is 6.71. The summed E-state index contributed by atoms with van der Waals surface area (Å²) in [5.41, 5.74) is 0.142. The number of sulfonamides is 1. The van der Waals surface area contributed by atoms with Gasteiger partial charge in [-0.15, -0.1) is 0 Å². The molecule has 0 aliphatic carbocycles. The first-order valence-corrected chi connectivity index (χ1v) is 8.97. The topological polar surface area (TPSA) is 97.8 Å². The molecule has 1 heterocycles. The van der Waals surface area contributed by atoms with Gasteiger partial charge in [-0.25, -0.2) is 8.42 Å². The largest absolute Gasteiger partial charge is 0.493 e. The van der Waals surface area contributed by atoms with Crippen LogP contribution >= 0.6 is 0 Å². The Kier molecular flexibility index (Phi) is 6.64. The molecule has 27 heavy (non-hydrogen) atoms. The first kappa shape index (κ1) is 20.5. The SMILES string of the molecule is COc1ccc(NC(=O)CN(C)S(=O)(=O)c2cccnc2)cc1OC(F)F. The molecule has 0 aliphatic heterocycles. The minimum absolute atomic E-state index is 0.0580. The van der Waals surface area contributed by atoms with Crippen LogP contribution in [0.1, 0.15) is 0 Å². The van der Waals surface area contributed by atoms with E-state index < -0.39 is 29.1 Å². The summed E-state index contributed by atoms with van der Waals surface area (Å²) < 4.78 is 59.7. The summed E-state index contributed by atoms with van der Waals surface area (Å²) in [5, 5.41) is 2.42. The number of anilines is 1. The van der Waals surface area contributed by atoms with E-state index in [1.165, 1.54) is 50.8 Å². The number of halogens is 2. The number of nitrogens with zero attached hydrogens (tertiary/aromatic N) is 2. The third-order valence-electron chi connectivity index (χ3n) is 3.37. The molecule has 146 valence electrons. The van der Waals surface area contributed by atoms with E-state index in [0.29, 0.717) is 0 Å². The van der Waals surface area contributed by atoms with Gasteiger partial charge in [0.15, 0.2) is 11.5 Å². The Morgan fingerprint density at radius 2 is 2.04 bits per heavy atom. The number of carbonyl (C=O) groups excluding carboxylic acids is 1. The number of nitrogens with one attached hydrogen (secondary N) is 1. The first-order chi connectivity index (χ1) is 12.7. The highest BCUT2D eigenvalue weighted by Crippen LogP contribution is 2.31. The van der Waals surface area contributed by atoms with Gasteiger partial charge >= 0.3 is 6.61 Å². The minimum Gasteiger partial charge on any atom is -0.493 e. The van der Waals surface area contributed by atoms with E-state index >= 15 is 0 Å². The van der Waals surface area contributed by atoms with E-state index in [1.54, 1.807) is 0 Å². The van der Waals surface area contributed by atoms with E-state index in [1.807, 2.05) is 0 Å². The smallest absolute Gasteiger partial charge is 0.387 e. The van der Waals surface area contributed by atoms with Crippen LogP contribution in [0.4, 0.5) is 14.5 Å². The quantitative estimate of drug-likeness (QED) is 0.726. The van der Waals surface area contributed by atoms with E-state index in [-0.39, 0.29) is 22.1 Å². The van der Waals surface area contributed by atoms with Crippen LogP contribution in [0.2, 0.25) is 0 Å². The number of rotatable bonds is 8. The lowest BCUT2D eigenvalue weighted by molar-refractivity contribution is -0.116. The number of likely N-dealkylation sites (N-methyl/N-ethyl adjacent to an activating group) is 1. The highest BCUT2D eigenvalue weighted by molar-refractivity contribution is 7.89. The zero-order valence-corrected chi connectivity index (χ0v) is 15.2. The number of hydrogen-bond acceptors (Lipinski definition) is 6.